The zero-order valence-corrected chi connectivity index (χ0v) is 12.5. The van der Waals surface area contributed by atoms with Gasteiger partial charge in [-0.15, -0.1) is 0 Å². The molecule has 0 unspecified atom stereocenters. The molecule has 1 heterocycles. The molecule has 0 saturated carbocycles. The minimum atomic E-state index is -3.54. The van der Waals surface area contributed by atoms with Crippen LogP contribution in [0.5, 0.6) is 0 Å². The van der Waals surface area contributed by atoms with E-state index in [0.29, 0.717) is 18.7 Å². The Labute approximate surface area is 119 Å². The van der Waals surface area contributed by atoms with Crippen molar-refractivity contribution >= 4 is 15.9 Å². The van der Waals surface area contributed by atoms with E-state index in [4.69, 9.17) is 5.11 Å². The summed E-state index contributed by atoms with van der Waals surface area (Å²) in [7, 11) is -0.601. The SMILES string of the molecule is CNS(=O)(=O)c1cc(C(=O)NCCCCCO)n(C)c1. The molecule has 7 nitrogen and oxygen atoms in total. The largest absolute Gasteiger partial charge is 0.396 e. The third-order valence-corrected chi connectivity index (χ3v) is 4.29. The van der Waals surface area contributed by atoms with Gasteiger partial charge in [-0.3, -0.25) is 4.79 Å². The van der Waals surface area contributed by atoms with Crippen LogP contribution in [0.1, 0.15) is 29.8 Å². The molecule has 114 valence electrons. The molecule has 0 bridgehead atoms. The highest BCUT2D eigenvalue weighted by atomic mass is 32.2. The fraction of sp³-hybridized carbons (Fsp3) is 0.583. The van der Waals surface area contributed by atoms with Crippen molar-refractivity contribution in [2.75, 3.05) is 20.2 Å². The zero-order chi connectivity index (χ0) is 15.2. The van der Waals surface area contributed by atoms with E-state index in [1.54, 1.807) is 7.05 Å². The second-order valence-corrected chi connectivity index (χ2v) is 6.31. The van der Waals surface area contributed by atoms with E-state index in [-0.39, 0.29) is 17.4 Å². The van der Waals surface area contributed by atoms with Gasteiger partial charge in [-0.25, -0.2) is 13.1 Å². The van der Waals surface area contributed by atoms with Crippen LogP contribution in [0, 0.1) is 0 Å². The van der Waals surface area contributed by atoms with Crippen molar-refractivity contribution < 1.29 is 18.3 Å². The molecule has 3 N–H and O–H groups in total. The normalized spacial score (nSPS) is 11.6. The second-order valence-electron chi connectivity index (χ2n) is 4.42. The third kappa shape index (κ3) is 4.32. The van der Waals surface area contributed by atoms with E-state index in [2.05, 4.69) is 10.0 Å². The molecule has 1 aromatic heterocycles. The van der Waals surface area contributed by atoms with Crippen LogP contribution in [0.15, 0.2) is 17.2 Å². The molecule has 0 aliphatic rings. The van der Waals surface area contributed by atoms with Crippen LogP contribution < -0.4 is 10.0 Å². The van der Waals surface area contributed by atoms with Crippen LogP contribution in [0.25, 0.3) is 0 Å². The average Bonchev–Trinajstić information content (AvgIpc) is 2.81. The van der Waals surface area contributed by atoms with Gasteiger partial charge in [-0.2, -0.15) is 0 Å². The Hall–Kier alpha value is -1.38. The number of aliphatic hydroxyl groups is 1. The van der Waals surface area contributed by atoms with Crippen molar-refractivity contribution in [1.82, 2.24) is 14.6 Å². The van der Waals surface area contributed by atoms with Gasteiger partial charge in [-0.05, 0) is 32.4 Å². The highest BCUT2D eigenvalue weighted by Gasteiger charge is 2.18. The maximum absolute atomic E-state index is 11.9. The van der Waals surface area contributed by atoms with Crippen LogP contribution >= 0.6 is 0 Å². The Balaban J connectivity index is 2.65. The monoisotopic (exact) mass is 303 g/mol. The van der Waals surface area contributed by atoms with Gasteiger partial charge in [0.15, 0.2) is 0 Å². The fourth-order valence-electron chi connectivity index (χ4n) is 1.73. The smallest absolute Gasteiger partial charge is 0.267 e. The standard InChI is InChI=1S/C12H21N3O4S/c1-13-20(18,19)10-8-11(15(2)9-10)12(17)14-6-4-3-5-7-16/h8-9,13,16H,3-7H2,1-2H3,(H,14,17). The highest BCUT2D eigenvalue weighted by Crippen LogP contribution is 2.12. The first-order valence-corrected chi connectivity index (χ1v) is 7.89. The maximum atomic E-state index is 11.9. The Bertz CT molecular complexity index is 551. The molecular formula is C12H21N3O4S. The number of aromatic nitrogens is 1. The fourth-order valence-corrected chi connectivity index (χ4v) is 2.53. The number of carbonyl (C=O) groups excluding carboxylic acids is 1. The van der Waals surface area contributed by atoms with E-state index in [0.717, 1.165) is 12.8 Å². The van der Waals surface area contributed by atoms with Crippen LogP contribution in [-0.2, 0) is 17.1 Å². The topological polar surface area (TPSA) is 100 Å². The Morgan fingerprint density at radius 3 is 2.65 bits per heavy atom. The molecule has 0 aliphatic heterocycles. The summed E-state index contributed by atoms with van der Waals surface area (Å²) >= 11 is 0. The quantitative estimate of drug-likeness (QED) is 0.580. The van der Waals surface area contributed by atoms with Gasteiger partial charge in [0.1, 0.15) is 10.6 Å². The summed E-state index contributed by atoms with van der Waals surface area (Å²) in [5, 5.41) is 11.4. The van der Waals surface area contributed by atoms with Gasteiger partial charge in [0, 0.05) is 26.4 Å². The summed E-state index contributed by atoms with van der Waals surface area (Å²) in [4.78, 5) is 12.0. The lowest BCUT2D eigenvalue weighted by Crippen LogP contribution is -2.26. The number of hydrogen-bond donors (Lipinski definition) is 3. The molecule has 1 rings (SSSR count). The summed E-state index contributed by atoms with van der Waals surface area (Å²) < 4.78 is 27.0. The van der Waals surface area contributed by atoms with Gasteiger partial charge in [0.2, 0.25) is 10.0 Å². The van der Waals surface area contributed by atoms with Crippen molar-refractivity contribution in [2.24, 2.45) is 7.05 Å². The number of nitrogens with zero attached hydrogens (tertiary/aromatic N) is 1. The summed E-state index contributed by atoms with van der Waals surface area (Å²) in [5.41, 5.74) is 0.293. The number of aliphatic hydroxyl groups excluding tert-OH is 1. The molecule has 0 fully saturated rings. The molecule has 0 spiro atoms. The minimum Gasteiger partial charge on any atom is -0.396 e. The number of sulfonamides is 1. The van der Waals surface area contributed by atoms with E-state index in [1.807, 2.05) is 0 Å². The third-order valence-electron chi connectivity index (χ3n) is 2.91. The number of rotatable bonds is 8. The second kappa shape index (κ2) is 7.41. The zero-order valence-electron chi connectivity index (χ0n) is 11.7. The predicted octanol–water partition coefficient (Wildman–Crippen LogP) is -0.174. The first-order valence-electron chi connectivity index (χ1n) is 6.41. The molecule has 8 heteroatoms. The van der Waals surface area contributed by atoms with Crippen molar-refractivity contribution in [3.63, 3.8) is 0 Å². The first-order chi connectivity index (χ1) is 9.42. The Kier molecular flexibility index (Phi) is 6.18. The number of amides is 1. The minimum absolute atomic E-state index is 0.0629. The number of unbranched alkanes of at least 4 members (excludes halogenated alkanes) is 2. The predicted molar refractivity (Wildman–Crippen MR) is 74.9 cm³/mol. The van der Waals surface area contributed by atoms with Crippen LogP contribution in [0.2, 0.25) is 0 Å². The van der Waals surface area contributed by atoms with Crippen molar-refractivity contribution in [1.29, 1.82) is 0 Å². The number of nitrogens with one attached hydrogen (secondary N) is 2. The summed E-state index contributed by atoms with van der Waals surface area (Å²) in [5.74, 6) is -0.311. The number of carbonyl (C=O) groups is 1. The number of hydrogen-bond acceptors (Lipinski definition) is 4. The lowest BCUT2D eigenvalue weighted by Gasteiger charge is -2.05. The van der Waals surface area contributed by atoms with E-state index >= 15 is 0 Å². The van der Waals surface area contributed by atoms with Gasteiger partial charge in [0.05, 0.1) is 0 Å². The van der Waals surface area contributed by atoms with Gasteiger partial charge < -0.3 is 15.0 Å². The summed E-state index contributed by atoms with van der Waals surface area (Å²) in [6.45, 7) is 0.648. The molecule has 1 aromatic rings. The molecule has 20 heavy (non-hydrogen) atoms. The molecule has 1 amide bonds. The Morgan fingerprint density at radius 1 is 1.35 bits per heavy atom. The average molecular weight is 303 g/mol. The molecule has 0 saturated heterocycles. The van der Waals surface area contributed by atoms with E-state index in [9.17, 15) is 13.2 Å². The van der Waals surface area contributed by atoms with Gasteiger partial charge in [-0.1, -0.05) is 0 Å². The highest BCUT2D eigenvalue weighted by molar-refractivity contribution is 7.89. The number of aryl methyl sites for hydroxylation is 1. The summed E-state index contributed by atoms with van der Waals surface area (Å²) in [6.07, 6.45) is 3.72. The van der Waals surface area contributed by atoms with Crippen molar-refractivity contribution in [3.8, 4) is 0 Å². The van der Waals surface area contributed by atoms with E-state index in [1.165, 1.54) is 23.9 Å². The Morgan fingerprint density at radius 2 is 2.05 bits per heavy atom. The van der Waals surface area contributed by atoms with Crippen molar-refractivity contribution in [2.45, 2.75) is 24.2 Å². The van der Waals surface area contributed by atoms with Crippen LogP contribution in [-0.4, -0.2) is 44.2 Å². The lowest BCUT2D eigenvalue weighted by atomic mass is 10.2. The first kappa shape index (κ1) is 16.7. The maximum Gasteiger partial charge on any atom is 0.267 e. The molecule has 0 atom stereocenters. The van der Waals surface area contributed by atoms with Crippen LogP contribution in [0.4, 0.5) is 0 Å². The van der Waals surface area contributed by atoms with Crippen molar-refractivity contribution in [3.05, 3.63) is 18.0 Å². The molecule has 0 radical (unpaired) electrons. The van der Waals surface area contributed by atoms with Gasteiger partial charge in [0.25, 0.3) is 5.91 Å². The molecule has 0 aromatic carbocycles. The molecular weight excluding hydrogens is 282 g/mol. The van der Waals surface area contributed by atoms with E-state index < -0.39 is 10.0 Å². The summed E-state index contributed by atoms with van der Waals surface area (Å²) in [6, 6.07) is 1.34. The lowest BCUT2D eigenvalue weighted by molar-refractivity contribution is 0.0944. The van der Waals surface area contributed by atoms with Gasteiger partial charge >= 0.3 is 0 Å². The molecule has 0 aliphatic carbocycles. The van der Waals surface area contributed by atoms with Crippen LogP contribution in [0.3, 0.4) is 0 Å².